The number of amides is 1. The van der Waals surface area contributed by atoms with Gasteiger partial charge in [0, 0.05) is 6.42 Å². The van der Waals surface area contributed by atoms with Crippen LogP contribution < -0.4 is 5.32 Å². The number of carbonyl (C=O) groups excluding carboxylic acids is 2. The van der Waals surface area contributed by atoms with Crippen LogP contribution in [0, 0.1) is 0 Å². The van der Waals surface area contributed by atoms with Gasteiger partial charge in [-0.2, -0.15) is 0 Å². The highest BCUT2D eigenvalue weighted by Gasteiger charge is 2.39. The van der Waals surface area contributed by atoms with Crippen LogP contribution in [0.4, 0.5) is 0 Å². The summed E-state index contributed by atoms with van der Waals surface area (Å²) < 4.78 is 13.6. The van der Waals surface area contributed by atoms with Crippen molar-refractivity contribution >= 4 is 11.9 Å². The van der Waals surface area contributed by atoms with Gasteiger partial charge in [-0.05, 0) is 54.2 Å². The Morgan fingerprint density at radius 3 is 1.46 bits per heavy atom. The summed E-state index contributed by atoms with van der Waals surface area (Å²) in [6.07, 6.45) is 24.0. The molecule has 0 unspecified atom stereocenters. The second kappa shape index (κ2) is 27.2. The van der Waals surface area contributed by atoms with Gasteiger partial charge >= 0.3 is 5.97 Å². The summed E-state index contributed by atoms with van der Waals surface area (Å²) in [6.45, 7) is 4.55. The van der Waals surface area contributed by atoms with E-state index in [1.165, 1.54) is 70.6 Å². The van der Waals surface area contributed by atoms with Gasteiger partial charge < -0.3 is 14.8 Å². The van der Waals surface area contributed by atoms with Crippen LogP contribution >= 0.6 is 0 Å². The molecule has 0 radical (unpaired) electrons. The summed E-state index contributed by atoms with van der Waals surface area (Å²) in [5.74, 6) is -0.497. The third-order valence-electron chi connectivity index (χ3n) is 10.8. The molecule has 4 rings (SSSR count). The summed E-state index contributed by atoms with van der Waals surface area (Å²) in [4.78, 5) is 27.4. The van der Waals surface area contributed by atoms with Crippen LogP contribution in [-0.2, 0) is 19.9 Å². The Morgan fingerprint density at radius 2 is 0.982 bits per heavy atom. The monoisotopic (exact) mass is 772 g/mol. The Bertz CT molecular complexity index is 1560. The fraction of sp³-hybridized carbons (Fsp3) is 0.462. The predicted octanol–water partition coefficient (Wildman–Crippen LogP) is 13.3. The SMILES string of the molecule is CCCCCCCCCCCCCC=C[C@@H](OC(=O)c1ccccc1)[C@H](COC(c1ccccc1)(c1ccccc1)c1ccccc1)NC(=O)CCCCCCC. The summed E-state index contributed by atoms with van der Waals surface area (Å²) >= 11 is 0. The number of hydrogen-bond donors (Lipinski definition) is 1. The van der Waals surface area contributed by atoms with Crippen molar-refractivity contribution in [1.82, 2.24) is 5.32 Å². The molecule has 4 aromatic rings. The number of nitrogens with one attached hydrogen (secondary N) is 1. The van der Waals surface area contributed by atoms with E-state index in [4.69, 9.17) is 9.47 Å². The summed E-state index contributed by atoms with van der Waals surface area (Å²) in [6, 6.07) is 39.1. The Morgan fingerprint density at radius 1 is 0.561 bits per heavy atom. The molecule has 306 valence electrons. The molecule has 0 aliphatic rings. The molecule has 0 aliphatic carbocycles. The first-order chi connectivity index (χ1) is 28.1. The van der Waals surface area contributed by atoms with Gasteiger partial charge in [0.2, 0.25) is 5.91 Å². The van der Waals surface area contributed by atoms with E-state index in [0.29, 0.717) is 12.0 Å². The highest BCUT2D eigenvalue weighted by atomic mass is 16.5. The van der Waals surface area contributed by atoms with Crippen LogP contribution in [0.2, 0.25) is 0 Å². The quantitative estimate of drug-likeness (QED) is 0.0258. The van der Waals surface area contributed by atoms with Crippen molar-refractivity contribution in [2.75, 3.05) is 6.61 Å². The van der Waals surface area contributed by atoms with Gasteiger partial charge in [-0.1, -0.05) is 219 Å². The van der Waals surface area contributed by atoms with Crippen molar-refractivity contribution < 1.29 is 19.1 Å². The molecule has 0 bridgehead atoms. The molecule has 57 heavy (non-hydrogen) atoms. The second-order valence-corrected chi connectivity index (χ2v) is 15.4. The van der Waals surface area contributed by atoms with E-state index >= 15 is 0 Å². The van der Waals surface area contributed by atoms with Crippen molar-refractivity contribution in [1.29, 1.82) is 0 Å². The van der Waals surface area contributed by atoms with Gasteiger partial charge in [0.25, 0.3) is 0 Å². The molecule has 0 saturated carbocycles. The largest absolute Gasteiger partial charge is 0.452 e. The second-order valence-electron chi connectivity index (χ2n) is 15.4. The molecule has 0 spiro atoms. The lowest BCUT2D eigenvalue weighted by Crippen LogP contribution is -2.49. The van der Waals surface area contributed by atoms with E-state index in [2.05, 4.69) is 61.6 Å². The zero-order valence-corrected chi connectivity index (χ0v) is 34.9. The first kappa shape index (κ1) is 45.2. The van der Waals surface area contributed by atoms with Gasteiger partial charge in [0.05, 0.1) is 18.2 Å². The number of carbonyl (C=O) groups is 2. The maximum atomic E-state index is 13.7. The normalized spacial score (nSPS) is 12.7. The number of allylic oxidation sites excluding steroid dienone is 1. The first-order valence-corrected chi connectivity index (χ1v) is 22.1. The van der Waals surface area contributed by atoms with Crippen LogP contribution in [0.3, 0.4) is 0 Å². The Kier molecular flexibility index (Phi) is 21.6. The van der Waals surface area contributed by atoms with Crippen LogP contribution in [0.5, 0.6) is 0 Å². The number of rotatable bonds is 29. The first-order valence-electron chi connectivity index (χ1n) is 22.1. The fourth-order valence-corrected chi connectivity index (χ4v) is 7.55. The van der Waals surface area contributed by atoms with Crippen LogP contribution in [-0.4, -0.2) is 30.6 Å². The lowest BCUT2D eigenvalue weighted by atomic mass is 9.80. The van der Waals surface area contributed by atoms with E-state index in [1.807, 2.05) is 78.9 Å². The summed E-state index contributed by atoms with van der Waals surface area (Å²) in [7, 11) is 0. The third kappa shape index (κ3) is 15.8. The zero-order chi connectivity index (χ0) is 40.2. The highest BCUT2D eigenvalue weighted by molar-refractivity contribution is 5.89. The molecule has 1 amide bonds. The number of benzene rings is 4. The summed E-state index contributed by atoms with van der Waals surface area (Å²) in [5.41, 5.74) is 2.37. The lowest BCUT2D eigenvalue weighted by Gasteiger charge is -2.38. The Hall–Kier alpha value is -4.48. The maximum Gasteiger partial charge on any atom is 0.338 e. The molecule has 0 heterocycles. The van der Waals surface area contributed by atoms with Crippen molar-refractivity contribution in [3.05, 3.63) is 156 Å². The van der Waals surface area contributed by atoms with Crippen molar-refractivity contribution in [2.24, 2.45) is 0 Å². The molecule has 0 aliphatic heterocycles. The lowest BCUT2D eigenvalue weighted by molar-refractivity contribution is -0.124. The number of unbranched alkanes of at least 4 members (excludes halogenated alkanes) is 15. The fourth-order valence-electron chi connectivity index (χ4n) is 7.55. The van der Waals surface area contributed by atoms with E-state index in [1.54, 1.807) is 12.1 Å². The number of esters is 1. The molecule has 1 N–H and O–H groups in total. The summed E-state index contributed by atoms with van der Waals surface area (Å²) in [5, 5.41) is 3.30. The number of hydrogen-bond acceptors (Lipinski definition) is 4. The van der Waals surface area contributed by atoms with Gasteiger partial charge in [0.1, 0.15) is 11.7 Å². The van der Waals surface area contributed by atoms with Gasteiger partial charge in [0.15, 0.2) is 0 Å². The molecule has 0 aromatic heterocycles. The molecule has 0 saturated heterocycles. The molecule has 5 nitrogen and oxygen atoms in total. The van der Waals surface area contributed by atoms with E-state index in [0.717, 1.165) is 55.2 Å². The Labute approximate surface area is 344 Å². The van der Waals surface area contributed by atoms with Gasteiger partial charge in [-0.15, -0.1) is 0 Å². The van der Waals surface area contributed by atoms with E-state index < -0.39 is 23.7 Å². The van der Waals surface area contributed by atoms with Crippen LogP contribution in [0.15, 0.2) is 133 Å². The van der Waals surface area contributed by atoms with Crippen molar-refractivity contribution in [2.45, 2.75) is 147 Å². The predicted molar refractivity (Wildman–Crippen MR) is 236 cm³/mol. The third-order valence-corrected chi connectivity index (χ3v) is 10.8. The molecular weight excluding hydrogens is 703 g/mol. The minimum absolute atomic E-state index is 0.0654. The van der Waals surface area contributed by atoms with Gasteiger partial charge in [-0.25, -0.2) is 4.79 Å². The molecular formula is C52H69NO4. The van der Waals surface area contributed by atoms with Crippen molar-refractivity contribution in [3.63, 3.8) is 0 Å². The molecule has 0 fully saturated rings. The number of ether oxygens (including phenoxy) is 2. The van der Waals surface area contributed by atoms with E-state index in [-0.39, 0.29) is 12.5 Å². The topological polar surface area (TPSA) is 64.6 Å². The molecule has 5 heteroatoms. The standard InChI is InChI=1S/C52H69NO4/c1-3-5-7-9-10-11-12-13-14-15-16-18-31-41-49(57-51(55)44-33-23-19-24-34-44)48(53-50(54)42-32-17-8-6-4-2)43-56-52(45-35-25-20-26-36-45,46-37-27-21-28-38-46)47-39-29-22-30-40-47/h19-31,33-41,48-49H,3-18,32,42-43H2,1-2H3,(H,53,54)/t48-,49+/m0/s1. The Balaban J connectivity index is 1.59. The zero-order valence-electron chi connectivity index (χ0n) is 34.9. The van der Waals surface area contributed by atoms with Crippen LogP contribution in [0.25, 0.3) is 0 Å². The minimum atomic E-state index is -1.000. The molecule has 2 atom stereocenters. The minimum Gasteiger partial charge on any atom is -0.452 e. The molecule has 4 aromatic carbocycles. The van der Waals surface area contributed by atoms with Crippen LogP contribution in [0.1, 0.15) is 156 Å². The van der Waals surface area contributed by atoms with Crippen molar-refractivity contribution in [3.8, 4) is 0 Å². The average molecular weight is 772 g/mol. The smallest absolute Gasteiger partial charge is 0.338 e. The van der Waals surface area contributed by atoms with Gasteiger partial charge in [-0.3, -0.25) is 4.79 Å². The highest BCUT2D eigenvalue weighted by Crippen LogP contribution is 2.40. The maximum absolute atomic E-state index is 13.7. The van der Waals surface area contributed by atoms with E-state index in [9.17, 15) is 9.59 Å². The average Bonchev–Trinajstić information content (AvgIpc) is 3.26.